The van der Waals surface area contributed by atoms with Gasteiger partial charge in [-0.1, -0.05) is 69.1 Å². The van der Waals surface area contributed by atoms with E-state index in [1.165, 1.54) is 27.6 Å². The first kappa shape index (κ1) is 15.3. The number of halogens is 2. The minimum Gasteiger partial charge on any atom is -0.310 e. The molecule has 0 fully saturated rings. The van der Waals surface area contributed by atoms with Gasteiger partial charge in [-0.3, -0.25) is 0 Å². The fourth-order valence-electron chi connectivity index (χ4n) is 3.21. The Bertz CT molecular complexity index is 639. The third kappa shape index (κ3) is 3.25. The first-order valence-electron chi connectivity index (χ1n) is 7.45. The largest absolute Gasteiger partial charge is 0.310 e. The predicted molar refractivity (Wildman–Crippen MR) is 95.8 cm³/mol. The van der Waals surface area contributed by atoms with Crippen LogP contribution in [0.5, 0.6) is 0 Å². The number of benzene rings is 2. The molecule has 110 valence electrons. The molecule has 0 radical (unpaired) electrons. The highest BCUT2D eigenvalue weighted by Crippen LogP contribution is 2.41. The zero-order chi connectivity index (χ0) is 14.8. The fourth-order valence-corrected chi connectivity index (χ4v) is 4.53. The van der Waals surface area contributed by atoms with E-state index in [0.29, 0.717) is 12.0 Å². The molecule has 0 aliphatic heterocycles. The summed E-state index contributed by atoms with van der Waals surface area (Å²) in [6.07, 6.45) is 2.37. The number of hydrogen-bond acceptors (Lipinski definition) is 1. The third-order valence-electron chi connectivity index (χ3n) is 4.27. The van der Waals surface area contributed by atoms with E-state index in [1.807, 2.05) is 0 Å². The first-order chi connectivity index (χ1) is 10.2. The Morgan fingerprint density at radius 1 is 1.19 bits per heavy atom. The first-order valence-corrected chi connectivity index (χ1v) is 9.03. The molecule has 1 N–H and O–H groups in total. The lowest BCUT2D eigenvalue weighted by molar-refractivity contribution is 0.435. The molecule has 0 amide bonds. The van der Waals surface area contributed by atoms with Crippen LogP contribution in [0.3, 0.4) is 0 Å². The van der Waals surface area contributed by atoms with Crippen molar-refractivity contribution in [3.8, 4) is 0 Å². The van der Waals surface area contributed by atoms with E-state index in [2.05, 4.69) is 86.6 Å². The molecule has 1 aliphatic rings. The Balaban J connectivity index is 1.80. The topological polar surface area (TPSA) is 12.0 Å². The van der Waals surface area contributed by atoms with Gasteiger partial charge in [0.1, 0.15) is 0 Å². The van der Waals surface area contributed by atoms with Crippen LogP contribution in [0, 0.1) is 0 Å². The molecule has 1 nitrogen and oxygen atoms in total. The van der Waals surface area contributed by atoms with Crippen LogP contribution in [-0.2, 0) is 6.42 Å². The Morgan fingerprint density at radius 3 is 2.71 bits per heavy atom. The molecule has 2 atom stereocenters. The van der Waals surface area contributed by atoms with Crippen LogP contribution in [0.1, 0.15) is 42.0 Å². The number of hydrogen-bond donors (Lipinski definition) is 1. The molecule has 0 saturated carbocycles. The number of nitrogens with one attached hydrogen (secondary N) is 1. The van der Waals surface area contributed by atoms with Gasteiger partial charge in [0.25, 0.3) is 0 Å². The number of fused-ring (bicyclic) bond motifs is 1. The van der Waals surface area contributed by atoms with Crippen LogP contribution >= 0.6 is 31.9 Å². The Hall–Kier alpha value is -0.640. The van der Waals surface area contributed by atoms with Gasteiger partial charge in [0.2, 0.25) is 0 Å². The maximum absolute atomic E-state index is 3.71. The number of rotatable bonds is 5. The molecular weight excluding hydrogens is 390 g/mol. The second-order valence-corrected chi connectivity index (χ2v) is 7.38. The van der Waals surface area contributed by atoms with Gasteiger partial charge in [0.05, 0.1) is 0 Å². The van der Waals surface area contributed by atoms with Gasteiger partial charge < -0.3 is 5.32 Å². The molecule has 0 spiro atoms. The highest BCUT2D eigenvalue weighted by atomic mass is 79.9. The molecule has 21 heavy (non-hydrogen) atoms. The maximum atomic E-state index is 3.71. The molecule has 2 aromatic rings. The van der Waals surface area contributed by atoms with Crippen molar-refractivity contribution < 1.29 is 0 Å². The summed E-state index contributed by atoms with van der Waals surface area (Å²) in [5, 5.41) is 3.64. The summed E-state index contributed by atoms with van der Waals surface area (Å²) in [7, 11) is 0. The average molecular weight is 409 g/mol. The second kappa shape index (κ2) is 6.64. The van der Waals surface area contributed by atoms with Gasteiger partial charge in [-0.15, -0.1) is 0 Å². The molecule has 2 unspecified atom stereocenters. The van der Waals surface area contributed by atoms with Crippen molar-refractivity contribution in [2.24, 2.45) is 0 Å². The minimum absolute atomic E-state index is 0.399. The fraction of sp³-hybridized carbons (Fsp3) is 0.333. The second-order valence-electron chi connectivity index (χ2n) is 5.61. The van der Waals surface area contributed by atoms with E-state index < -0.39 is 0 Å². The van der Waals surface area contributed by atoms with Crippen molar-refractivity contribution in [2.45, 2.75) is 31.7 Å². The molecule has 0 aromatic heterocycles. The molecule has 1 aliphatic carbocycles. The van der Waals surface area contributed by atoms with E-state index in [4.69, 9.17) is 0 Å². The molecule has 3 rings (SSSR count). The minimum atomic E-state index is 0.399. The molecule has 3 heteroatoms. The van der Waals surface area contributed by atoms with Gasteiger partial charge in [-0.2, -0.15) is 0 Å². The summed E-state index contributed by atoms with van der Waals surface area (Å²) in [4.78, 5) is 0. The van der Waals surface area contributed by atoms with Crippen LogP contribution in [0.4, 0.5) is 0 Å². The Morgan fingerprint density at radius 2 is 2.00 bits per heavy atom. The van der Waals surface area contributed by atoms with Crippen molar-refractivity contribution in [1.29, 1.82) is 0 Å². The van der Waals surface area contributed by atoms with Crippen molar-refractivity contribution in [2.75, 3.05) is 6.54 Å². The van der Waals surface area contributed by atoms with Crippen molar-refractivity contribution in [3.63, 3.8) is 0 Å². The van der Waals surface area contributed by atoms with E-state index >= 15 is 0 Å². The van der Waals surface area contributed by atoms with E-state index in [9.17, 15) is 0 Å². The Labute approximate surface area is 143 Å². The molecule has 2 aromatic carbocycles. The van der Waals surface area contributed by atoms with Gasteiger partial charge in [-0.05, 0) is 54.1 Å². The summed E-state index contributed by atoms with van der Waals surface area (Å²) in [5.41, 5.74) is 4.41. The lowest BCUT2D eigenvalue weighted by atomic mass is 9.74. The standard InChI is InChI=1S/C18H19Br2N/c1-2-21-18(16-8-7-14(19)11-17(16)20)10-13-9-12-5-3-4-6-15(12)13/h3-8,11,13,18,21H,2,9-10H2,1H3. The zero-order valence-electron chi connectivity index (χ0n) is 12.1. The van der Waals surface area contributed by atoms with E-state index in [1.54, 1.807) is 0 Å². The van der Waals surface area contributed by atoms with Crippen LogP contribution in [0.15, 0.2) is 51.4 Å². The van der Waals surface area contributed by atoms with E-state index in [-0.39, 0.29) is 0 Å². The van der Waals surface area contributed by atoms with Gasteiger partial charge >= 0.3 is 0 Å². The summed E-state index contributed by atoms with van der Waals surface area (Å²) in [6, 6.07) is 15.7. The highest BCUT2D eigenvalue weighted by Gasteiger charge is 2.28. The molecule has 0 heterocycles. The van der Waals surface area contributed by atoms with Crippen LogP contribution in [0.25, 0.3) is 0 Å². The monoisotopic (exact) mass is 407 g/mol. The van der Waals surface area contributed by atoms with Crippen molar-refractivity contribution in [3.05, 3.63) is 68.1 Å². The lowest BCUT2D eigenvalue weighted by Gasteiger charge is -2.33. The van der Waals surface area contributed by atoms with Gasteiger partial charge in [0, 0.05) is 15.0 Å². The van der Waals surface area contributed by atoms with Gasteiger partial charge in [-0.25, -0.2) is 0 Å². The highest BCUT2D eigenvalue weighted by molar-refractivity contribution is 9.11. The van der Waals surface area contributed by atoms with E-state index in [0.717, 1.165) is 17.4 Å². The quantitative estimate of drug-likeness (QED) is 0.679. The summed E-state index contributed by atoms with van der Waals surface area (Å²) in [5.74, 6) is 0.681. The van der Waals surface area contributed by atoms with Crippen LogP contribution in [0.2, 0.25) is 0 Å². The summed E-state index contributed by atoms with van der Waals surface area (Å²) >= 11 is 7.24. The zero-order valence-corrected chi connectivity index (χ0v) is 15.2. The normalized spacial score (nSPS) is 18.0. The summed E-state index contributed by atoms with van der Waals surface area (Å²) < 4.78 is 2.29. The predicted octanol–water partition coefficient (Wildman–Crippen LogP) is 5.59. The average Bonchev–Trinajstić information content (AvgIpc) is 2.44. The van der Waals surface area contributed by atoms with Crippen molar-refractivity contribution >= 4 is 31.9 Å². The molecule has 0 bridgehead atoms. The molecule has 0 saturated heterocycles. The van der Waals surface area contributed by atoms with Crippen LogP contribution in [-0.4, -0.2) is 6.54 Å². The molecular formula is C18H19Br2N. The van der Waals surface area contributed by atoms with Gasteiger partial charge in [0.15, 0.2) is 0 Å². The maximum Gasteiger partial charge on any atom is 0.0337 e. The SMILES string of the molecule is CCNC(CC1Cc2ccccc21)c1ccc(Br)cc1Br. The summed E-state index contributed by atoms with van der Waals surface area (Å²) in [6.45, 7) is 3.16. The smallest absolute Gasteiger partial charge is 0.0337 e. The Kier molecular flexibility index (Phi) is 4.82. The third-order valence-corrected chi connectivity index (χ3v) is 5.45. The lowest BCUT2D eigenvalue weighted by Crippen LogP contribution is -2.27. The van der Waals surface area contributed by atoms with Crippen molar-refractivity contribution in [1.82, 2.24) is 5.32 Å². The van der Waals surface area contributed by atoms with Crippen LogP contribution < -0.4 is 5.32 Å².